The van der Waals surface area contributed by atoms with Crippen LogP contribution in [0.3, 0.4) is 0 Å². The third-order valence-electron chi connectivity index (χ3n) is 3.59. The first-order valence-electron chi connectivity index (χ1n) is 7.18. The largest absolute Gasteiger partial charge is 0.497 e. The van der Waals surface area contributed by atoms with Crippen LogP contribution < -0.4 is 15.4 Å². The number of rotatable bonds is 5. The summed E-state index contributed by atoms with van der Waals surface area (Å²) in [6, 6.07) is 6.05. The van der Waals surface area contributed by atoms with Crippen LogP contribution in [0, 0.1) is 5.92 Å². The Bertz CT molecular complexity index is 593. The van der Waals surface area contributed by atoms with E-state index in [9.17, 15) is 14.4 Å². The second-order valence-corrected chi connectivity index (χ2v) is 5.29. The van der Waals surface area contributed by atoms with Gasteiger partial charge in [0.1, 0.15) is 5.75 Å². The summed E-state index contributed by atoms with van der Waals surface area (Å²) < 4.78 is 5.01. The number of hydrogen-bond donors (Lipinski definition) is 3. The molecule has 9 heteroatoms. The smallest absolute Gasteiger partial charge is 0.325 e. The molecule has 1 aliphatic rings. The summed E-state index contributed by atoms with van der Waals surface area (Å²) in [5, 5.41) is 13.7. The van der Waals surface area contributed by atoms with E-state index in [1.807, 2.05) is 0 Å². The van der Waals surface area contributed by atoms with E-state index < -0.39 is 23.8 Å². The molecule has 2 rings (SSSR count). The minimum Gasteiger partial charge on any atom is -0.497 e. The van der Waals surface area contributed by atoms with Gasteiger partial charge < -0.3 is 15.2 Å². The van der Waals surface area contributed by atoms with Gasteiger partial charge in [0.15, 0.2) is 0 Å². The number of hydrogen-bond acceptors (Lipinski definition) is 5. The Balaban J connectivity index is 0.00000288. The van der Waals surface area contributed by atoms with Gasteiger partial charge in [-0.2, -0.15) is 0 Å². The number of nitrogens with one attached hydrogen (secondary N) is 2. The van der Waals surface area contributed by atoms with Gasteiger partial charge in [-0.15, -0.1) is 12.4 Å². The predicted octanol–water partition coefficient (Wildman–Crippen LogP) is 1.17. The van der Waals surface area contributed by atoms with Gasteiger partial charge >= 0.3 is 12.0 Å². The van der Waals surface area contributed by atoms with Crippen molar-refractivity contribution in [1.29, 1.82) is 0 Å². The van der Waals surface area contributed by atoms with Crippen LogP contribution in [0.1, 0.15) is 6.42 Å². The molecule has 8 nitrogen and oxygen atoms in total. The zero-order valence-electron chi connectivity index (χ0n) is 13.2. The Morgan fingerprint density at radius 1 is 1.29 bits per heavy atom. The number of urea groups is 1. The summed E-state index contributed by atoms with van der Waals surface area (Å²) in [6.45, 7) is 0.854. The molecule has 1 heterocycles. The molecule has 1 aromatic rings. The molecule has 1 atom stereocenters. The highest BCUT2D eigenvalue weighted by atomic mass is 35.5. The summed E-state index contributed by atoms with van der Waals surface area (Å²) in [5.74, 6) is -1.11. The van der Waals surface area contributed by atoms with Crippen LogP contribution >= 0.6 is 12.4 Å². The first-order chi connectivity index (χ1) is 11.0. The van der Waals surface area contributed by atoms with Crippen molar-refractivity contribution in [2.75, 3.05) is 32.1 Å². The molecule has 3 amide bonds. The summed E-state index contributed by atoms with van der Waals surface area (Å²) in [6.07, 6.45) is 0.515. The molecule has 3 N–H and O–H groups in total. The summed E-state index contributed by atoms with van der Waals surface area (Å²) in [5.41, 5.74) is 0.531. The third-order valence-corrected chi connectivity index (χ3v) is 3.59. The quantitative estimate of drug-likeness (QED) is 0.730. The van der Waals surface area contributed by atoms with Crippen molar-refractivity contribution in [3.05, 3.63) is 24.3 Å². The number of ether oxygens (including phenoxy) is 1. The maximum atomic E-state index is 11.8. The highest BCUT2D eigenvalue weighted by Gasteiger charge is 2.29. The lowest BCUT2D eigenvalue weighted by atomic mass is 10.1. The summed E-state index contributed by atoms with van der Waals surface area (Å²) in [4.78, 5) is 36.1. The summed E-state index contributed by atoms with van der Waals surface area (Å²) >= 11 is 0. The van der Waals surface area contributed by atoms with Crippen molar-refractivity contribution in [1.82, 2.24) is 10.2 Å². The molecule has 0 radical (unpaired) electrons. The Morgan fingerprint density at radius 3 is 2.50 bits per heavy atom. The van der Waals surface area contributed by atoms with Gasteiger partial charge in [0.25, 0.3) is 0 Å². The van der Waals surface area contributed by atoms with E-state index in [4.69, 9.17) is 9.84 Å². The zero-order valence-corrected chi connectivity index (χ0v) is 14.0. The van der Waals surface area contributed by atoms with E-state index >= 15 is 0 Å². The number of carboxylic acids is 1. The Morgan fingerprint density at radius 2 is 1.96 bits per heavy atom. The SMILES string of the molecule is COc1ccc(NC(=O)NC(=O)CN2CCC(C(=O)O)C2)cc1.Cl. The van der Waals surface area contributed by atoms with Crippen LogP contribution in [-0.4, -0.2) is 54.7 Å². The maximum Gasteiger partial charge on any atom is 0.325 e. The number of carboxylic acid groups (broad SMARTS) is 1. The van der Waals surface area contributed by atoms with E-state index in [-0.39, 0.29) is 19.0 Å². The molecule has 0 spiro atoms. The van der Waals surface area contributed by atoms with Gasteiger partial charge in [0.2, 0.25) is 5.91 Å². The average molecular weight is 358 g/mol. The van der Waals surface area contributed by atoms with Crippen molar-refractivity contribution in [2.24, 2.45) is 5.92 Å². The van der Waals surface area contributed by atoms with Crippen molar-refractivity contribution in [2.45, 2.75) is 6.42 Å². The van der Waals surface area contributed by atoms with Gasteiger partial charge in [-0.25, -0.2) is 4.79 Å². The molecule has 1 aromatic carbocycles. The number of benzene rings is 1. The number of carbonyl (C=O) groups excluding carboxylic acids is 2. The predicted molar refractivity (Wildman–Crippen MR) is 89.6 cm³/mol. The van der Waals surface area contributed by atoms with Crippen LogP contribution in [0.25, 0.3) is 0 Å². The fourth-order valence-corrected chi connectivity index (χ4v) is 2.38. The van der Waals surface area contributed by atoms with Crippen molar-refractivity contribution < 1.29 is 24.2 Å². The molecule has 132 valence electrons. The van der Waals surface area contributed by atoms with Crippen LogP contribution in [0.5, 0.6) is 5.75 Å². The van der Waals surface area contributed by atoms with Crippen LogP contribution in [-0.2, 0) is 9.59 Å². The normalized spacial score (nSPS) is 16.8. The number of imide groups is 1. The highest BCUT2D eigenvalue weighted by Crippen LogP contribution is 2.16. The summed E-state index contributed by atoms with van der Waals surface area (Å²) in [7, 11) is 1.54. The van der Waals surface area contributed by atoms with E-state index in [0.29, 0.717) is 30.9 Å². The maximum absolute atomic E-state index is 11.8. The van der Waals surface area contributed by atoms with Gasteiger partial charge in [-0.1, -0.05) is 0 Å². The molecule has 0 saturated carbocycles. The van der Waals surface area contributed by atoms with Crippen LogP contribution in [0.15, 0.2) is 24.3 Å². The van der Waals surface area contributed by atoms with Crippen LogP contribution in [0.2, 0.25) is 0 Å². The molecule has 1 aliphatic heterocycles. The number of amides is 3. The fourth-order valence-electron chi connectivity index (χ4n) is 2.38. The standard InChI is InChI=1S/C15H19N3O5.ClH/c1-23-12-4-2-11(3-5-12)16-15(22)17-13(19)9-18-7-6-10(8-18)14(20)21;/h2-5,10H,6-9H2,1H3,(H,20,21)(H2,16,17,19,22);1H. The molecule has 0 bridgehead atoms. The average Bonchev–Trinajstić information content (AvgIpc) is 2.96. The Kier molecular flexibility index (Phi) is 7.47. The fraction of sp³-hybridized carbons (Fsp3) is 0.400. The lowest BCUT2D eigenvalue weighted by Gasteiger charge is -2.14. The molecule has 0 aromatic heterocycles. The van der Waals surface area contributed by atoms with E-state index in [0.717, 1.165) is 0 Å². The van der Waals surface area contributed by atoms with Gasteiger partial charge in [-0.05, 0) is 37.2 Å². The minimum absolute atomic E-state index is 0. The van der Waals surface area contributed by atoms with Crippen molar-refractivity contribution in [3.8, 4) is 5.75 Å². The van der Waals surface area contributed by atoms with Gasteiger partial charge in [0, 0.05) is 12.2 Å². The number of likely N-dealkylation sites (tertiary alicyclic amines) is 1. The number of halogens is 1. The first kappa shape index (κ1) is 19.7. The number of carbonyl (C=O) groups is 3. The molecular weight excluding hydrogens is 338 g/mol. The number of aliphatic carboxylic acids is 1. The number of nitrogens with zero attached hydrogens (tertiary/aromatic N) is 1. The topological polar surface area (TPSA) is 108 Å². The van der Waals surface area contributed by atoms with Crippen molar-refractivity contribution in [3.63, 3.8) is 0 Å². The van der Waals surface area contributed by atoms with Crippen LogP contribution in [0.4, 0.5) is 10.5 Å². The van der Waals surface area contributed by atoms with Crippen molar-refractivity contribution >= 4 is 36.0 Å². The van der Waals surface area contributed by atoms with E-state index in [1.54, 1.807) is 36.3 Å². The van der Waals surface area contributed by atoms with E-state index in [2.05, 4.69) is 10.6 Å². The molecule has 1 unspecified atom stereocenters. The minimum atomic E-state index is -0.856. The van der Waals surface area contributed by atoms with Gasteiger partial charge in [0.05, 0.1) is 19.6 Å². The second kappa shape index (κ2) is 9.09. The van der Waals surface area contributed by atoms with E-state index in [1.165, 1.54) is 0 Å². The monoisotopic (exact) mass is 357 g/mol. The number of anilines is 1. The second-order valence-electron chi connectivity index (χ2n) is 5.29. The zero-order chi connectivity index (χ0) is 16.8. The van der Waals surface area contributed by atoms with Gasteiger partial charge in [-0.3, -0.25) is 19.8 Å². The highest BCUT2D eigenvalue weighted by molar-refractivity contribution is 6.01. The number of methoxy groups -OCH3 is 1. The lowest BCUT2D eigenvalue weighted by molar-refractivity contribution is -0.141. The Hall–Kier alpha value is -2.32. The third kappa shape index (κ3) is 5.71. The molecular formula is C15H20ClN3O5. The lowest BCUT2D eigenvalue weighted by Crippen LogP contribution is -2.41. The molecule has 0 aliphatic carbocycles. The Labute approximate surface area is 145 Å². The molecule has 1 fully saturated rings. The first-order valence-corrected chi connectivity index (χ1v) is 7.18. The molecule has 24 heavy (non-hydrogen) atoms. The molecule has 1 saturated heterocycles.